The molecule has 0 saturated heterocycles. The summed E-state index contributed by atoms with van der Waals surface area (Å²) in [4.78, 5) is 27.2. The van der Waals surface area contributed by atoms with E-state index in [0.717, 1.165) is 23.4 Å². The van der Waals surface area contributed by atoms with Gasteiger partial charge in [0.1, 0.15) is 17.7 Å². The molecule has 2 amide bonds. The Kier molecular flexibility index (Phi) is 10.6. The zero-order valence-corrected chi connectivity index (χ0v) is 21.2. The number of amides is 2. The second-order valence-corrected chi connectivity index (χ2v) is 10.3. The summed E-state index contributed by atoms with van der Waals surface area (Å²) in [6.45, 7) is 4.25. The Labute approximate surface area is 206 Å². The summed E-state index contributed by atoms with van der Waals surface area (Å²) in [5.74, 6) is -1.52. The van der Waals surface area contributed by atoms with E-state index in [4.69, 9.17) is 0 Å². The molecule has 0 spiro atoms. The number of nitrogens with zero attached hydrogens (tertiary/aromatic N) is 2. The average molecular weight is 510 g/mol. The Morgan fingerprint density at radius 3 is 2.09 bits per heavy atom. The molecule has 2 aromatic carbocycles. The van der Waals surface area contributed by atoms with Crippen LogP contribution in [0.4, 0.5) is 14.5 Å². The Morgan fingerprint density at radius 2 is 1.54 bits per heavy atom. The van der Waals surface area contributed by atoms with E-state index in [9.17, 15) is 26.8 Å². The lowest BCUT2D eigenvalue weighted by Gasteiger charge is -2.29. The molecule has 2 aromatic rings. The van der Waals surface area contributed by atoms with Crippen molar-refractivity contribution in [3.63, 3.8) is 0 Å². The zero-order chi connectivity index (χ0) is 26.0. The molecular formula is C25H33F2N3O4S. The van der Waals surface area contributed by atoms with Crippen molar-refractivity contribution in [1.82, 2.24) is 10.2 Å². The van der Waals surface area contributed by atoms with Crippen LogP contribution in [0.25, 0.3) is 0 Å². The van der Waals surface area contributed by atoms with Crippen LogP contribution in [0.15, 0.2) is 48.5 Å². The molecule has 1 atom stereocenters. The van der Waals surface area contributed by atoms with E-state index < -0.39 is 27.7 Å². The van der Waals surface area contributed by atoms with Crippen LogP contribution in [0.1, 0.15) is 45.1 Å². The van der Waals surface area contributed by atoms with Gasteiger partial charge in [-0.15, -0.1) is 0 Å². The van der Waals surface area contributed by atoms with Gasteiger partial charge in [-0.25, -0.2) is 17.2 Å². The fourth-order valence-electron chi connectivity index (χ4n) is 3.52. The Balaban J connectivity index is 2.12. The number of anilines is 1. The van der Waals surface area contributed by atoms with E-state index in [-0.39, 0.29) is 37.7 Å². The Morgan fingerprint density at radius 1 is 0.971 bits per heavy atom. The first-order valence-corrected chi connectivity index (χ1v) is 13.4. The number of carbonyl (C=O) groups is 2. The molecule has 0 heterocycles. The number of carbonyl (C=O) groups excluding carboxylic acids is 2. The summed E-state index contributed by atoms with van der Waals surface area (Å²) in [5.41, 5.74) is 0.963. The maximum atomic E-state index is 13.3. The molecule has 0 aliphatic carbocycles. The van der Waals surface area contributed by atoms with Crippen LogP contribution < -0.4 is 9.62 Å². The van der Waals surface area contributed by atoms with Gasteiger partial charge in [-0.1, -0.05) is 25.5 Å². The predicted octanol–water partition coefficient (Wildman–Crippen LogP) is 3.84. The van der Waals surface area contributed by atoms with Crippen molar-refractivity contribution in [2.24, 2.45) is 0 Å². The third kappa shape index (κ3) is 8.93. The first kappa shape index (κ1) is 28.2. The van der Waals surface area contributed by atoms with Crippen molar-refractivity contribution >= 4 is 27.5 Å². The second-order valence-electron chi connectivity index (χ2n) is 8.38. The van der Waals surface area contributed by atoms with E-state index in [0.29, 0.717) is 17.8 Å². The van der Waals surface area contributed by atoms with E-state index in [1.807, 2.05) is 6.92 Å². The second kappa shape index (κ2) is 13.2. The first-order valence-electron chi connectivity index (χ1n) is 11.6. The number of hydrogen-bond acceptors (Lipinski definition) is 4. The van der Waals surface area contributed by atoms with E-state index in [2.05, 4.69) is 5.32 Å². The van der Waals surface area contributed by atoms with Gasteiger partial charge in [0, 0.05) is 26.1 Å². The molecule has 0 bridgehead atoms. The smallest absolute Gasteiger partial charge is 0.242 e. The van der Waals surface area contributed by atoms with Gasteiger partial charge in [0.05, 0.1) is 11.9 Å². The van der Waals surface area contributed by atoms with Crippen LogP contribution in [0.2, 0.25) is 0 Å². The van der Waals surface area contributed by atoms with Gasteiger partial charge in [0.2, 0.25) is 21.8 Å². The number of nitrogens with one attached hydrogen (secondary N) is 1. The van der Waals surface area contributed by atoms with Gasteiger partial charge in [-0.2, -0.15) is 0 Å². The average Bonchev–Trinajstić information content (AvgIpc) is 2.81. The summed E-state index contributed by atoms with van der Waals surface area (Å²) in [5, 5.41) is 2.82. The highest BCUT2D eigenvalue weighted by molar-refractivity contribution is 7.92. The van der Waals surface area contributed by atoms with E-state index >= 15 is 0 Å². The Bertz CT molecular complexity index is 1080. The molecule has 192 valence electrons. The van der Waals surface area contributed by atoms with Gasteiger partial charge >= 0.3 is 0 Å². The molecule has 0 radical (unpaired) electrons. The molecule has 2 rings (SSSR count). The highest BCUT2D eigenvalue weighted by Gasteiger charge is 2.26. The maximum absolute atomic E-state index is 13.3. The monoisotopic (exact) mass is 509 g/mol. The van der Waals surface area contributed by atoms with Crippen LogP contribution >= 0.6 is 0 Å². The molecule has 0 aliphatic heterocycles. The number of rotatable bonds is 13. The quantitative estimate of drug-likeness (QED) is 0.416. The van der Waals surface area contributed by atoms with E-state index in [1.165, 1.54) is 41.3 Å². The minimum Gasteiger partial charge on any atom is -0.354 e. The molecule has 35 heavy (non-hydrogen) atoms. The van der Waals surface area contributed by atoms with Crippen molar-refractivity contribution in [3.05, 3.63) is 65.7 Å². The van der Waals surface area contributed by atoms with Gasteiger partial charge < -0.3 is 10.2 Å². The third-order valence-corrected chi connectivity index (χ3v) is 6.72. The van der Waals surface area contributed by atoms with Crippen molar-refractivity contribution in [2.45, 2.75) is 52.1 Å². The van der Waals surface area contributed by atoms with Gasteiger partial charge in [0.25, 0.3) is 0 Å². The van der Waals surface area contributed by atoms with Crippen molar-refractivity contribution in [2.75, 3.05) is 23.7 Å². The lowest BCUT2D eigenvalue weighted by Crippen LogP contribution is -2.48. The van der Waals surface area contributed by atoms with Crippen molar-refractivity contribution in [3.8, 4) is 0 Å². The predicted molar refractivity (Wildman–Crippen MR) is 132 cm³/mol. The normalized spacial score (nSPS) is 12.1. The molecule has 7 nitrogen and oxygen atoms in total. The fourth-order valence-corrected chi connectivity index (χ4v) is 4.48. The molecule has 0 fully saturated rings. The molecule has 0 unspecified atom stereocenters. The number of unbranched alkanes of at least 4 members (excludes halogenated alkanes) is 1. The van der Waals surface area contributed by atoms with Crippen LogP contribution in [-0.2, 0) is 26.2 Å². The molecule has 0 aromatic heterocycles. The topological polar surface area (TPSA) is 86.8 Å². The Hall–Kier alpha value is -3.01. The fraction of sp³-hybridized carbons (Fsp3) is 0.440. The first-order chi connectivity index (χ1) is 16.5. The molecular weight excluding hydrogens is 476 g/mol. The zero-order valence-electron chi connectivity index (χ0n) is 20.3. The lowest BCUT2D eigenvalue weighted by atomic mass is 10.1. The van der Waals surface area contributed by atoms with Crippen LogP contribution in [-0.4, -0.2) is 50.5 Å². The summed E-state index contributed by atoms with van der Waals surface area (Å²) in [6, 6.07) is 9.97. The van der Waals surface area contributed by atoms with Crippen molar-refractivity contribution < 1.29 is 26.8 Å². The van der Waals surface area contributed by atoms with Gasteiger partial charge in [0.15, 0.2) is 0 Å². The van der Waals surface area contributed by atoms with Crippen LogP contribution in [0.3, 0.4) is 0 Å². The summed E-state index contributed by atoms with van der Waals surface area (Å²) < 4.78 is 52.2. The number of halogens is 2. The summed E-state index contributed by atoms with van der Waals surface area (Å²) >= 11 is 0. The standard InChI is InChI=1S/C25H33F2N3O4S/c1-4-5-16-28-25(32)19(2)29(18-20-8-10-21(26)11-9-20)24(31)7-6-17-30(35(3,33)34)23-14-12-22(27)13-15-23/h8-15,19H,4-7,16-18H2,1-3H3,(H,28,32)/t19-/m1/s1. The third-order valence-electron chi connectivity index (χ3n) is 5.53. The molecule has 0 aliphatic rings. The highest BCUT2D eigenvalue weighted by atomic mass is 32.2. The molecule has 0 saturated carbocycles. The maximum Gasteiger partial charge on any atom is 0.242 e. The minimum atomic E-state index is -3.66. The largest absolute Gasteiger partial charge is 0.354 e. The molecule has 1 N–H and O–H groups in total. The van der Waals surface area contributed by atoms with Gasteiger partial charge in [-0.3, -0.25) is 13.9 Å². The number of hydrogen-bond donors (Lipinski definition) is 1. The minimum absolute atomic E-state index is 0.0116. The number of sulfonamides is 1. The van der Waals surface area contributed by atoms with E-state index in [1.54, 1.807) is 19.1 Å². The summed E-state index contributed by atoms with van der Waals surface area (Å²) in [6.07, 6.45) is 2.95. The highest BCUT2D eigenvalue weighted by Crippen LogP contribution is 2.19. The number of benzene rings is 2. The van der Waals surface area contributed by atoms with Gasteiger partial charge in [-0.05, 0) is 61.7 Å². The lowest BCUT2D eigenvalue weighted by molar-refractivity contribution is -0.140. The van der Waals surface area contributed by atoms with Crippen LogP contribution in [0.5, 0.6) is 0 Å². The van der Waals surface area contributed by atoms with Crippen molar-refractivity contribution in [1.29, 1.82) is 0 Å². The summed E-state index contributed by atoms with van der Waals surface area (Å²) in [7, 11) is -3.66. The van der Waals surface area contributed by atoms with Crippen LogP contribution in [0, 0.1) is 11.6 Å². The SMILES string of the molecule is CCCCNC(=O)[C@@H](C)N(Cc1ccc(F)cc1)C(=O)CCCN(c1ccc(F)cc1)S(C)(=O)=O. The molecule has 10 heteroatoms.